The Morgan fingerprint density at radius 2 is 2.00 bits per heavy atom. The molecule has 0 N–H and O–H groups in total. The topological polar surface area (TPSA) is 53.4 Å². The molecule has 4 nitrogen and oxygen atoms in total. The maximum absolute atomic E-state index is 8.95. The molecule has 0 atom stereocenters. The number of benzene rings is 2. The van der Waals surface area contributed by atoms with Gasteiger partial charge in [-0.1, -0.05) is 35.9 Å². The van der Waals surface area contributed by atoms with Crippen LogP contribution in [0.1, 0.15) is 25.0 Å². The fourth-order valence-electron chi connectivity index (χ4n) is 2.48. The summed E-state index contributed by atoms with van der Waals surface area (Å²) in [6, 6.07) is 17.2. The Morgan fingerprint density at radius 3 is 2.65 bits per heavy atom. The highest BCUT2D eigenvalue weighted by molar-refractivity contribution is 7.07. The monoisotopic (exact) mass is 380 g/mol. The zero-order valence-electron chi connectivity index (χ0n) is 14.5. The quantitative estimate of drug-likeness (QED) is 0.592. The van der Waals surface area contributed by atoms with Crippen LogP contribution in [0.3, 0.4) is 0 Å². The second kappa shape index (κ2) is 8.13. The van der Waals surface area contributed by atoms with Crippen molar-refractivity contribution in [3.05, 3.63) is 74.9 Å². The Morgan fingerprint density at radius 1 is 1.23 bits per heavy atom. The van der Waals surface area contributed by atoms with Gasteiger partial charge < -0.3 is 0 Å². The number of nitriles is 1. The predicted molar refractivity (Wildman–Crippen MR) is 108 cm³/mol. The SMILES string of the molecule is CCN=c1scc(-c2cccc(Cl)c2)n1N=C(C)c1ccc(C#N)cc1. The van der Waals surface area contributed by atoms with Crippen molar-refractivity contribution in [2.45, 2.75) is 13.8 Å². The lowest BCUT2D eigenvalue weighted by atomic mass is 10.1. The molecule has 0 bridgehead atoms. The normalized spacial score (nSPS) is 12.2. The highest BCUT2D eigenvalue weighted by atomic mass is 35.5. The minimum absolute atomic E-state index is 0.631. The van der Waals surface area contributed by atoms with Gasteiger partial charge in [0, 0.05) is 22.5 Å². The summed E-state index contributed by atoms with van der Waals surface area (Å²) >= 11 is 7.70. The van der Waals surface area contributed by atoms with E-state index in [1.807, 2.05) is 60.3 Å². The molecule has 0 fully saturated rings. The molecule has 3 aromatic rings. The molecule has 0 spiro atoms. The van der Waals surface area contributed by atoms with Crippen LogP contribution in [0.2, 0.25) is 5.02 Å². The largest absolute Gasteiger partial charge is 0.258 e. The molecule has 26 heavy (non-hydrogen) atoms. The second-order valence-corrected chi connectivity index (χ2v) is 6.85. The minimum atomic E-state index is 0.631. The zero-order valence-corrected chi connectivity index (χ0v) is 16.1. The average Bonchev–Trinajstić information content (AvgIpc) is 3.04. The molecule has 0 amide bonds. The molecule has 0 aliphatic carbocycles. The average molecular weight is 381 g/mol. The summed E-state index contributed by atoms with van der Waals surface area (Å²) < 4.78 is 1.85. The highest BCUT2D eigenvalue weighted by Gasteiger charge is 2.09. The van der Waals surface area contributed by atoms with Crippen molar-refractivity contribution < 1.29 is 0 Å². The van der Waals surface area contributed by atoms with Gasteiger partial charge in [-0.05, 0) is 43.7 Å². The van der Waals surface area contributed by atoms with Crippen LogP contribution in [0, 0.1) is 11.3 Å². The van der Waals surface area contributed by atoms with Crippen molar-refractivity contribution in [3.8, 4) is 17.3 Å². The fraction of sp³-hybridized carbons (Fsp3) is 0.150. The van der Waals surface area contributed by atoms with E-state index in [2.05, 4.69) is 11.1 Å². The van der Waals surface area contributed by atoms with Crippen LogP contribution in [0.15, 0.2) is 64.0 Å². The Kier molecular flexibility index (Phi) is 5.67. The van der Waals surface area contributed by atoms with Gasteiger partial charge in [0.2, 0.25) is 4.80 Å². The molecule has 0 radical (unpaired) electrons. The van der Waals surface area contributed by atoms with E-state index in [0.29, 0.717) is 17.1 Å². The lowest BCUT2D eigenvalue weighted by molar-refractivity contribution is 0.827. The molecular weight excluding hydrogens is 364 g/mol. The molecule has 1 heterocycles. The number of aromatic nitrogens is 1. The molecular formula is C20H17ClN4S. The summed E-state index contributed by atoms with van der Waals surface area (Å²) in [6.07, 6.45) is 0. The molecule has 3 rings (SSSR count). The van der Waals surface area contributed by atoms with Gasteiger partial charge in [0.05, 0.1) is 23.0 Å². The minimum Gasteiger partial charge on any atom is -0.258 e. The van der Waals surface area contributed by atoms with Gasteiger partial charge in [-0.25, -0.2) is 4.68 Å². The van der Waals surface area contributed by atoms with E-state index in [-0.39, 0.29) is 0 Å². The van der Waals surface area contributed by atoms with E-state index in [1.165, 1.54) is 0 Å². The highest BCUT2D eigenvalue weighted by Crippen LogP contribution is 2.23. The molecule has 0 saturated heterocycles. The van der Waals surface area contributed by atoms with Crippen LogP contribution in [0.5, 0.6) is 0 Å². The molecule has 1 aromatic heterocycles. The van der Waals surface area contributed by atoms with Crippen LogP contribution in [0.4, 0.5) is 0 Å². The zero-order chi connectivity index (χ0) is 18.5. The molecule has 0 saturated carbocycles. The van der Waals surface area contributed by atoms with E-state index in [0.717, 1.165) is 27.3 Å². The van der Waals surface area contributed by atoms with Gasteiger partial charge >= 0.3 is 0 Å². The molecule has 6 heteroatoms. The first kappa shape index (κ1) is 18.1. The number of hydrogen-bond acceptors (Lipinski definition) is 4. The van der Waals surface area contributed by atoms with Gasteiger partial charge in [0.15, 0.2) is 0 Å². The predicted octanol–water partition coefficient (Wildman–Crippen LogP) is 4.93. The molecule has 130 valence electrons. The van der Waals surface area contributed by atoms with Crippen LogP contribution in [-0.4, -0.2) is 16.9 Å². The second-order valence-electron chi connectivity index (χ2n) is 5.57. The lowest BCUT2D eigenvalue weighted by Crippen LogP contribution is -2.14. The molecule has 0 aliphatic heterocycles. The van der Waals surface area contributed by atoms with Crippen LogP contribution in [0.25, 0.3) is 11.3 Å². The number of thiazole rings is 1. The maximum Gasteiger partial charge on any atom is 0.206 e. The summed E-state index contributed by atoms with van der Waals surface area (Å²) in [5.74, 6) is 0. The van der Waals surface area contributed by atoms with Crippen molar-refractivity contribution in [3.63, 3.8) is 0 Å². The van der Waals surface area contributed by atoms with Gasteiger partial charge in [-0.2, -0.15) is 10.4 Å². The third-order valence-electron chi connectivity index (χ3n) is 3.78. The van der Waals surface area contributed by atoms with E-state index < -0.39 is 0 Å². The van der Waals surface area contributed by atoms with Crippen LogP contribution < -0.4 is 4.80 Å². The number of nitrogens with zero attached hydrogens (tertiary/aromatic N) is 4. The van der Waals surface area contributed by atoms with E-state index in [4.69, 9.17) is 22.0 Å². The Balaban J connectivity index is 2.11. The molecule has 0 aliphatic rings. The standard InChI is InChI=1S/C20H17ClN4S/c1-3-23-20-25(19(13-26-20)17-5-4-6-18(21)11-17)24-14(2)16-9-7-15(12-22)8-10-16/h4-11,13H,3H2,1-2H3. The first-order valence-corrected chi connectivity index (χ1v) is 9.41. The van der Waals surface area contributed by atoms with Crippen molar-refractivity contribution in [1.29, 1.82) is 5.26 Å². The summed E-state index contributed by atoms with van der Waals surface area (Å²) in [5.41, 5.74) is 4.36. The number of halogens is 1. The summed E-state index contributed by atoms with van der Waals surface area (Å²) in [6.45, 7) is 4.63. The van der Waals surface area contributed by atoms with E-state index in [1.54, 1.807) is 23.5 Å². The smallest absolute Gasteiger partial charge is 0.206 e. The first-order chi connectivity index (χ1) is 12.6. The molecule has 2 aromatic carbocycles. The maximum atomic E-state index is 8.95. The van der Waals surface area contributed by atoms with Crippen molar-refractivity contribution in [2.75, 3.05) is 6.54 Å². The van der Waals surface area contributed by atoms with E-state index >= 15 is 0 Å². The van der Waals surface area contributed by atoms with Crippen LogP contribution in [-0.2, 0) is 0 Å². The third kappa shape index (κ3) is 3.93. The third-order valence-corrected chi connectivity index (χ3v) is 4.87. The Bertz CT molecular complexity index is 1050. The molecule has 0 unspecified atom stereocenters. The van der Waals surface area contributed by atoms with Gasteiger partial charge in [-0.15, -0.1) is 11.3 Å². The van der Waals surface area contributed by atoms with Crippen molar-refractivity contribution in [1.82, 2.24) is 4.68 Å². The van der Waals surface area contributed by atoms with Gasteiger partial charge in [-0.3, -0.25) is 4.99 Å². The number of hydrogen-bond donors (Lipinski definition) is 0. The Hall–Kier alpha value is -2.68. The lowest BCUT2D eigenvalue weighted by Gasteiger charge is -2.07. The summed E-state index contributed by atoms with van der Waals surface area (Å²) in [4.78, 5) is 5.38. The fourth-order valence-corrected chi connectivity index (χ4v) is 3.57. The summed E-state index contributed by atoms with van der Waals surface area (Å²) in [7, 11) is 0. The van der Waals surface area contributed by atoms with Gasteiger partial charge in [0.25, 0.3) is 0 Å². The summed E-state index contributed by atoms with van der Waals surface area (Å²) in [5, 5.41) is 16.5. The van der Waals surface area contributed by atoms with Gasteiger partial charge in [0.1, 0.15) is 0 Å². The first-order valence-electron chi connectivity index (χ1n) is 8.15. The Labute approximate surface area is 161 Å². The van der Waals surface area contributed by atoms with Crippen molar-refractivity contribution in [2.24, 2.45) is 10.1 Å². The van der Waals surface area contributed by atoms with E-state index in [9.17, 15) is 0 Å². The number of rotatable bonds is 4. The van der Waals surface area contributed by atoms with Crippen LogP contribution >= 0.6 is 22.9 Å². The van der Waals surface area contributed by atoms with Crippen molar-refractivity contribution >= 4 is 28.6 Å².